The highest BCUT2D eigenvalue weighted by atomic mass is 16.1. The van der Waals surface area contributed by atoms with Crippen molar-refractivity contribution in [3.8, 4) is 0 Å². The van der Waals surface area contributed by atoms with Gasteiger partial charge in [-0.2, -0.15) is 0 Å². The molecule has 2 heteroatoms. The second-order valence-corrected chi connectivity index (χ2v) is 6.78. The molecule has 0 radical (unpaired) electrons. The van der Waals surface area contributed by atoms with Crippen LogP contribution >= 0.6 is 0 Å². The van der Waals surface area contributed by atoms with Gasteiger partial charge in [-0.15, -0.1) is 0 Å². The standard InChI is InChI=1S/C18H25NO/c19-13-18(8-4-1-5-9-18)12-16(20)11-15-10-14-6-2-3-7-17(14)15/h2-3,6-7,15H,1,4-5,8-13,19H2. The fourth-order valence-corrected chi connectivity index (χ4v) is 4.06. The van der Waals surface area contributed by atoms with Crippen LogP contribution in [0, 0.1) is 5.41 Å². The molecule has 1 fully saturated rings. The Morgan fingerprint density at radius 3 is 2.65 bits per heavy atom. The van der Waals surface area contributed by atoms with Gasteiger partial charge in [0.25, 0.3) is 0 Å². The quantitative estimate of drug-likeness (QED) is 0.889. The fourth-order valence-electron chi connectivity index (χ4n) is 4.06. The second kappa shape index (κ2) is 5.69. The van der Waals surface area contributed by atoms with Gasteiger partial charge in [0, 0.05) is 12.8 Å². The van der Waals surface area contributed by atoms with Crippen molar-refractivity contribution in [2.24, 2.45) is 11.1 Å². The Morgan fingerprint density at radius 2 is 1.95 bits per heavy atom. The first-order chi connectivity index (χ1) is 9.72. The molecular weight excluding hydrogens is 246 g/mol. The Bertz CT molecular complexity index is 488. The minimum absolute atomic E-state index is 0.124. The zero-order chi connectivity index (χ0) is 14.0. The minimum Gasteiger partial charge on any atom is -0.330 e. The number of Topliss-reactive ketones (excluding diaryl/α,β-unsaturated/α-hetero) is 1. The van der Waals surface area contributed by atoms with Gasteiger partial charge in [0.1, 0.15) is 5.78 Å². The molecule has 0 spiro atoms. The van der Waals surface area contributed by atoms with E-state index in [2.05, 4.69) is 24.3 Å². The number of nitrogens with two attached hydrogens (primary N) is 1. The lowest BCUT2D eigenvalue weighted by molar-refractivity contribution is -0.122. The largest absolute Gasteiger partial charge is 0.330 e. The third-order valence-corrected chi connectivity index (χ3v) is 5.35. The molecule has 2 aliphatic rings. The van der Waals surface area contributed by atoms with E-state index in [9.17, 15) is 4.79 Å². The van der Waals surface area contributed by atoms with E-state index in [1.54, 1.807) is 0 Å². The van der Waals surface area contributed by atoms with Gasteiger partial charge in [-0.3, -0.25) is 4.79 Å². The van der Waals surface area contributed by atoms with E-state index in [4.69, 9.17) is 5.73 Å². The van der Waals surface area contributed by atoms with E-state index in [0.29, 0.717) is 24.7 Å². The average molecular weight is 271 g/mol. The maximum Gasteiger partial charge on any atom is 0.134 e. The van der Waals surface area contributed by atoms with Crippen LogP contribution in [0.1, 0.15) is 62.0 Å². The van der Waals surface area contributed by atoms with Crippen molar-refractivity contribution in [2.75, 3.05) is 6.54 Å². The summed E-state index contributed by atoms with van der Waals surface area (Å²) in [7, 11) is 0. The molecule has 1 aromatic carbocycles. The van der Waals surface area contributed by atoms with Gasteiger partial charge >= 0.3 is 0 Å². The van der Waals surface area contributed by atoms with Crippen molar-refractivity contribution in [1.29, 1.82) is 0 Å². The highest BCUT2D eigenvalue weighted by Gasteiger charge is 2.35. The van der Waals surface area contributed by atoms with Gasteiger partial charge in [0.2, 0.25) is 0 Å². The molecule has 2 aliphatic carbocycles. The van der Waals surface area contributed by atoms with Gasteiger partial charge in [-0.25, -0.2) is 0 Å². The van der Waals surface area contributed by atoms with Crippen molar-refractivity contribution < 1.29 is 4.79 Å². The molecule has 2 N–H and O–H groups in total. The molecule has 0 saturated heterocycles. The molecule has 0 bridgehead atoms. The summed E-state index contributed by atoms with van der Waals surface area (Å²) in [6.45, 7) is 0.681. The lowest BCUT2D eigenvalue weighted by atomic mass is 9.68. The predicted octanol–water partition coefficient (Wildman–Crippen LogP) is 3.58. The van der Waals surface area contributed by atoms with Crippen molar-refractivity contribution in [3.63, 3.8) is 0 Å². The molecule has 1 saturated carbocycles. The summed E-state index contributed by atoms with van der Waals surface area (Å²) in [5.74, 6) is 0.897. The van der Waals surface area contributed by atoms with E-state index in [-0.39, 0.29) is 5.41 Å². The summed E-state index contributed by atoms with van der Waals surface area (Å²) in [5.41, 5.74) is 8.93. The molecule has 20 heavy (non-hydrogen) atoms. The summed E-state index contributed by atoms with van der Waals surface area (Å²) in [6.07, 6.45) is 8.62. The monoisotopic (exact) mass is 271 g/mol. The number of hydrogen-bond donors (Lipinski definition) is 1. The molecule has 0 aromatic heterocycles. The molecular formula is C18H25NO. The van der Waals surface area contributed by atoms with Gasteiger partial charge in [0.15, 0.2) is 0 Å². The second-order valence-electron chi connectivity index (χ2n) is 6.78. The molecule has 0 heterocycles. The highest BCUT2D eigenvalue weighted by Crippen LogP contribution is 2.41. The number of fused-ring (bicyclic) bond motifs is 1. The van der Waals surface area contributed by atoms with E-state index < -0.39 is 0 Å². The van der Waals surface area contributed by atoms with Crippen molar-refractivity contribution in [1.82, 2.24) is 0 Å². The van der Waals surface area contributed by atoms with E-state index in [0.717, 1.165) is 25.7 Å². The van der Waals surface area contributed by atoms with Crippen LogP contribution in [-0.2, 0) is 11.2 Å². The summed E-state index contributed by atoms with van der Waals surface area (Å²) in [5, 5.41) is 0. The number of carbonyl (C=O) groups excluding carboxylic acids is 1. The van der Waals surface area contributed by atoms with Gasteiger partial charge in [-0.05, 0) is 48.3 Å². The Labute approximate surface area is 121 Å². The highest BCUT2D eigenvalue weighted by molar-refractivity contribution is 5.80. The summed E-state index contributed by atoms with van der Waals surface area (Å²) in [6, 6.07) is 8.52. The number of ketones is 1. The lowest BCUT2D eigenvalue weighted by Gasteiger charge is -2.37. The SMILES string of the molecule is NCC1(CC(=O)CC2Cc3ccccc32)CCCCC1. The molecule has 0 amide bonds. The maximum absolute atomic E-state index is 12.4. The van der Waals surface area contributed by atoms with Crippen LogP contribution in [0.5, 0.6) is 0 Å². The normalized spacial score (nSPS) is 23.8. The Hall–Kier alpha value is -1.15. The lowest BCUT2D eigenvalue weighted by Crippen LogP contribution is -2.35. The van der Waals surface area contributed by atoms with Gasteiger partial charge in [-0.1, -0.05) is 43.5 Å². The predicted molar refractivity (Wildman–Crippen MR) is 81.7 cm³/mol. The Morgan fingerprint density at radius 1 is 1.20 bits per heavy atom. The smallest absolute Gasteiger partial charge is 0.134 e. The first kappa shape index (κ1) is 13.8. The van der Waals surface area contributed by atoms with Gasteiger partial charge < -0.3 is 5.73 Å². The summed E-state index contributed by atoms with van der Waals surface area (Å²) >= 11 is 0. The molecule has 1 aromatic rings. The Kier molecular flexibility index (Phi) is 3.93. The van der Waals surface area contributed by atoms with Crippen molar-refractivity contribution >= 4 is 5.78 Å². The molecule has 108 valence electrons. The molecule has 1 atom stereocenters. The molecule has 3 rings (SSSR count). The molecule has 2 nitrogen and oxygen atoms in total. The average Bonchev–Trinajstić information content (AvgIpc) is 2.46. The minimum atomic E-state index is 0.124. The zero-order valence-electron chi connectivity index (χ0n) is 12.2. The van der Waals surface area contributed by atoms with Crippen LogP contribution in [-0.4, -0.2) is 12.3 Å². The molecule has 1 unspecified atom stereocenters. The molecule has 0 aliphatic heterocycles. The number of benzene rings is 1. The number of carbonyl (C=O) groups is 1. The van der Waals surface area contributed by atoms with E-state index >= 15 is 0 Å². The van der Waals surface area contributed by atoms with Crippen LogP contribution < -0.4 is 5.73 Å². The Balaban J connectivity index is 1.58. The first-order valence-electron chi connectivity index (χ1n) is 8.02. The summed E-state index contributed by atoms with van der Waals surface area (Å²) < 4.78 is 0. The van der Waals surface area contributed by atoms with Crippen LogP contribution in [0.3, 0.4) is 0 Å². The van der Waals surface area contributed by atoms with Crippen LogP contribution in [0.15, 0.2) is 24.3 Å². The number of rotatable bonds is 5. The first-order valence-corrected chi connectivity index (χ1v) is 8.02. The van der Waals surface area contributed by atoms with E-state index in [1.165, 1.54) is 30.4 Å². The fraction of sp³-hybridized carbons (Fsp3) is 0.611. The van der Waals surface area contributed by atoms with Crippen LogP contribution in [0.4, 0.5) is 0 Å². The van der Waals surface area contributed by atoms with E-state index in [1.807, 2.05) is 0 Å². The van der Waals surface area contributed by atoms with Crippen molar-refractivity contribution in [3.05, 3.63) is 35.4 Å². The number of hydrogen-bond acceptors (Lipinski definition) is 2. The van der Waals surface area contributed by atoms with Crippen LogP contribution in [0.2, 0.25) is 0 Å². The third-order valence-electron chi connectivity index (χ3n) is 5.35. The van der Waals surface area contributed by atoms with Gasteiger partial charge in [0.05, 0.1) is 0 Å². The maximum atomic E-state index is 12.4. The van der Waals surface area contributed by atoms with Crippen LogP contribution in [0.25, 0.3) is 0 Å². The summed E-state index contributed by atoms with van der Waals surface area (Å²) in [4.78, 5) is 12.4. The topological polar surface area (TPSA) is 43.1 Å². The third kappa shape index (κ3) is 2.67. The zero-order valence-corrected chi connectivity index (χ0v) is 12.2. The van der Waals surface area contributed by atoms with Crippen molar-refractivity contribution in [2.45, 2.75) is 57.3 Å².